The third kappa shape index (κ3) is 3.95. The first-order chi connectivity index (χ1) is 12.7. The Morgan fingerprint density at radius 2 is 1.92 bits per heavy atom. The second-order valence-corrected chi connectivity index (χ2v) is 8.45. The Balaban J connectivity index is 1.44. The number of aromatic nitrogens is 3. The molecule has 138 valence electrons. The molecule has 5 nitrogen and oxygen atoms in total. The Hall–Kier alpha value is -1.82. The van der Waals surface area contributed by atoms with Gasteiger partial charge in [0.05, 0.1) is 5.75 Å². The van der Waals surface area contributed by atoms with Crippen LogP contribution in [0.1, 0.15) is 57.2 Å². The number of carbonyl (C=O) groups excluding carboxylic acids is 1. The fraction of sp³-hybridized carbons (Fsp3) is 0.550. The summed E-state index contributed by atoms with van der Waals surface area (Å²) in [5, 5.41) is 12.8. The lowest BCUT2D eigenvalue weighted by atomic mass is 9.86. The van der Waals surface area contributed by atoms with Crippen LogP contribution in [-0.2, 0) is 4.79 Å². The van der Waals surface area contributed by atoms with E-state index in [0.717, 1.165) is 23.1 Å². The van der Waals surface area contributed by atoms with Gasteiger partial charge in [-0.25, -0.2) is 0 Å². The molecule has 2 aromatic rings. The second kappa shape index (κ2) is 7.82. The summed E-state index contributed by atoms with van der Waals surface area (Å²) >= 11 is 1.48. The predicted octanol–water partition coefficient (Wildman–Crippen LogP) is 3.93. The summed E-state index contributed by atoms with van der Waals surface area (Å²) in [5.41, 5.74) is 1.07. The largest absolute Gasteiger partial charge is 0.352 e. The monoisotopic (exact) mass is 370 g/mol. The molecule has 2 saturated carbocycles. The van der Waals surface area contributed by atoms with Gasteiger partial charge in [0.25, 0.3) is 0 Å². The van der Waals surface area contributed by atoms with E-state index in [9.17, 15) is 4.79 Å². The Bertz CT molecular complexity index is 756. The Labute approximate surface area is 159 Å². The van der Waals surface area contributed by atoms with E-state index in [1.807, 2.05) is 18.2 Å². The van der Waals surface area contributed by atoms with E-state index in [1.54, 1.807) is 0 Å². The van der Waals surface area contributed by atoms with Crippen molar-refractivity contribution in [1.29, 1.82) is 0 Å². The number of nitrogens with one attached hydrogen (secondary N) is 1. The molecule has 1 heterocycles. The predicted molar refractivity (Wildman–Crippen MR) is 104 cm³/mol. The molecule has 1 aromatic carbocycles. The van der Waals surface area contributed by atoms with E-state index in [4.69, 9.17) is 0 Å². The minimum Gasteiger partial charge on any atom is -0.352 e. The number of amides is 1. The second-order valence-electron chi connectivity index (χ2n) is 7.51. The number of hydrogen-bond acceptors (Lipinski definition) is 4. The van der Waals surface area contributed by atoms with Crippen molar-refractivity contribution in [2.75, 3.05) is 5.75 Å². The first kappa shape index (κ1) is 17.6. The molecule has 2 atom stereocenters. The van der Waals surface area contributed by atoms with Crippen LogP contribution in [0.3, 0.4) is 0 Å². The molecule has 2 fully saturated rings. The van der Waals surface area contributed by atoms with Crippen molar-refractivity contribution in [3.63, 3.8) is 0 Å². The Kier molecular flexibility index (Phi) is 5.29. The SMILES string of the molecule is C[C@@H]1CCCC[C@@H]1NC(=O)CSc1nnc(C2CC2)n1-c1ccccc1. The number of hydrogen-bond donors (Lipinski definition) is 1. The number of carbonyl (C=O) groups is 1. The van der Waals surface area contributed by atoms with Crippen LogP contribution in [0.2, 0.25) is 0 Å². The van der Waals surface area contributed by atoms with Gasteiger partial charge < -0.3 is 5.32 Å². The molecule has 2 aliphatic carbocycles. The van der Waals surface area contributed by atoms with Crippen LogP contribution in [0.4, 0.5) is 0 Å². The highest BCUT2D eigenvalue weighted by Crippen LogP contribution is 2.41. The average molecular weight is 371 g/mol. The molecule has 0 aliphatic heterocycles. The van der Waals surface area contributed by atoms with E-state index >= 15 is 0 Å². The number of rotatable bonds is 6. The molecule has 4 rings (SSSR count). The quantitative estimate of drug-likeness (QED) is 0.783. The standard InChI is InChI=1S/C20H26N4OS/c1-14-7-5-6-10-17(14)21-18(25)13-26-20-23-22-19(15-11-12-15)24(20)16-8-3-2-4-9-16/h2-4,8-9,14-15,17H,5-7,10-13H2,1H3,(H,21,25)/t14-,17+/m1/s1. The van der Waals surface area contributed by atoms with Crippen molar-refractivity contribution < 1.29 is 4.79 Å². The summed E-state index contributed by atoms with van der Waals surface area (Å²) in [6, 6.07) is 10.5. The van der Waals surface area contributed by atoms with Crippen LogP contribution in [0.25, 0.3) is 5.69 Å². The maximum Gasteiger partial charge on any atom is 0.230 e. The molecule has 26 heavy (non-hydrogen) atoms. The summed E-state index contributed by atoms with van der Waals surface area (Å²) in [4.78, 5) is 12.4. The highest BCUT2D eigenvalue weighted by molar-refractivity contribution is 7.99. The van der Waals surface area contributed by atoms with Gasteiger partial charge >= 0.3 is 0 Å². The molecule has 0 saturated heterocycles. The van der Waals surface area contributed by atoms with E-state index in [-0.39, 0.29) is 5.91 Å². The summed E-state index contributed by atoms with van der Waals surface area (Å²) in [7, 11) is 0. The van der Waals surface area contributed by atoms with Crippen molar-refractivity contribution in [2.24, 2.45) is 5.92 Å². The van der Waals surface area contributed by atoms with E-state index in [2.05, 4.69) is 39.1 Å². The molecule has 1 N–H and O–H groups in total. The van der Waals surface area contributed by atoms with Gasteiger partial charge in [0, 0.05) is 17.6 Å². The Morgan fingerprint density at radius 1 is 1.15 bits per heavy atom. The van der Waals surface area contributed by atoms with Crippen molar-refractivity contribution in [1.82, 2.24) is 20.1 Å². The smallest absolute Gasteiger partial charge is 0.230 e. The van der Waals surface area contributed by atoms with Crippen LogP contribution >= 0.6 is 11.8 Å². The zero-order valence-corrected chi connectivity index (χ0v) is 16.0. The fourth-order valence-corrected chi connectivity index (χ4v) is 4.48. The van der Waals surface area contributed by atoms with Gasteiger partial charge in [0.1, 0.15) is 5.82 Å². The molecular formula is C20H26N4OS. The Morgan fingerprint density at radius 3 is 2.65 bits per heavy atom. The molecule has 2 aliphatic rings. The fourth-order valence-electron chi connectivity index (χ4n) is 3.71. The van der Waals surface area contributed by atoms with E-state index < -0.39 is 0 Å². The molecule has 0 radical (unpaired) electrons. The minimum atomic E-state index is 0.101. The summed E-state index contributed by atoms with van der Waals surface area (Å²) in [6.07, 6.45) is 7.17. The molecule has 0 unspecified atom stereocenters. The van der Waals surface area contributed by atoms with Crippen molar-refractivity contribution in [3.8, 4) is 5.69 Å². The summed E-state index contributed by atoms with van der Waals surface area (Å²) < 4.78 is 2.12. The molecule has 6 heteroatoms. The molecule has 0 spiro atoms. The van der Waals surface area contributed by atoms with Gasteiger partial charge in [-0.15, -0.1) is 10.2 Å². The van der Waals surface area contributed by atoms with Crippen LogP contribution in [0.5, 0.6) is 0 Å². The highest BCUT2D eigenvalue weighted by Gasteiger charge is 2.31. The van der Waals surface area contributed by atoms with Crippen molar-refractivity contribution >= 4 is 17.7 Å². The summed E-state index contributed by atoms with van der Waals surface area (Å²) in [6.45, 7) is 2.24. The van der Waals surface area contributed by atoms with Crippen LogP contribution in [-0.4, -0.2) is 32.5 Å². The van der Waals surface area contributed by atoms with Gasteiger partial charge in [-0.1, -0.05) is 49.7 Å². The third-order valence-electron chi connectivity index (χ3n) is 5.41. The first-order valence-corrected chi connectivity index (χ1v) is 10.6. The normalized spacial score (nSPS) is 23.0. The van der Waals surface area contributed by atoms with Crippen LogP contribution < -0.4 is 5.32 Å². The maximum absolute atomic E-state index is 12.4. The molecule has 1 amide bonds. The van der Waals surface area contributed by atoms with Gasteiger partial charge in [0.2, 0.25) is 5.91 Å². The lowest BCUT2D eigenvalue weighted by molar-refractivity contribution is -0.119. The van der Waals surface area contributed by atoms with Crippen molar-refractivity contribution in [3.05, 3.63) is 36.2 Å². The molecule has 0 bridgehead atoms. The number of para-hydroxylation sites is 1. The van der Waals surface area contributed by atoms with Gasteiger partial charge in [-0.05, 0) is 43.7 Å². The molecular weight excluding hydrogens is 344 g/mol. The van der Waals surface area contributed by atoms with Crippen LogP contribution in [0, 0.1) is 5.92 Å². The van der Waals surface area contributed by atoms with Crippen molar-refractivity contribution in [2.45, 2.75) is 62.6 Å². The summed E-state index contributed by atoms with van der Waals surface area (Å²) in [5.74, 6) is 2.60. The minimum absolute atomic E-state index is 0.101. The van der Waals surface area contributed by atoms with Gasteiger partial charge in [0.15, 0.2) is 5.16 Å². The lowest BCUT2D eigenvalue weighted by Gasteiger charge is -2.29. The molecule has 1 aromatic heterocycles. The third-order valence-corrected chi connectivity index (χ3v) is 6.33. The van der Waals surface area contributed by atoms with Crippen LogP contribution in [0.15, 0.2) is 35.5 Å². The number of benzene rings is 1. The van der Waals surface area contributed by atoms with Gasteiger partial charge in [-0.3, -0.25) is 9.36 Å². The van der Waals surface area contributed by atoms with E-state index in [1.165, 1.54) is 43.9 Å². The van der Waals surface area contributed by atoms with E-state index in [0.29, 0.717) is 23.6 Å². The zero-order valence-electron chi connectivity index (χ0n) is 15.2. The van der Waals surface area contributed by atoms with Gasteiger partial charge in [-0.2, -0.15) is 0 Å². The topological polar surface area (TPSA) is 59.8 Å². The lowest BCUT2D eigenvalue weighted by Crippen LogP contribution is -2.41. The number of thioether (sulfide) groups is 1. The highest BCUT2D eigenvalue weighted by atomic mass is 32.2. The number of nitrogens with zero attached hydrogens (tertiary/aromatic N) is 3. The zero-order chi connectivity index (χ0) is 17.9. The average Bonchev–Trinajstić information content (AvgIpc) is 3.42. The first-order valence-electron chi connectivity index (χ1n) is 9.65. The maximum atomic E-state index is 12.4.